The van der Waals surface area contributed by atoms with Gasteiger partial charge in [-0.15, -0.1) is 45.3 Å². The largest absolute Gasteiger partial charge is 0.507 e. The van der Waals surface area contributed by atoms with Crippen LogP contribution in [0.2, 0.25) is 0 Å². The van der Waals surface area contributed by atoms with E-state index in [4.69, 9.17) is 49.9 Å². The van der Waals surface area contributed by atoms with Gasteiger partial charge in [-0.2, -0.15) is 40.9 Å². The van der Waals surface area contributed by atoms with E-state index in [-0.39, 0.29) is 50.4 Å². The zero-order valence-corrected chi connectivity index (χ0v) is 50.7. The summed E-state index contributed by atoms with van der Waals surface area (Å²) in [5.74, 6) is 1.06. The molecule has 1 aliphatic rings. The van der Waals surface area contributed by atoms with Crippen molar-refractivity contribution < 1.29 is 19.7 Å². The Balaban J connectivity index is 1.02. The molecule has 0 amide bonds. The number of aromatic nitrogens is 4. The van der Waals surface area contributed by atoms with Gasteiger partial charge in [0.25, 0.3) is 0 Å². The number of fused-ring (bicyclic) bond motifs is 8. The number of rotatable bonds is 16. The molecule has 1 aliphatic carbocycles. The van der Waals surface area contributed by atoms with Gasteiger partial charge in [0.15, 0.2) is 20.0 Å². The molecule has 0 aliphatic heterocycles. The number of azo groups is 4. The summed E-state index contributed by atoms with van der Waals surface area (Å²) in [5, 5.41) is 75.1. The van der Waals surface area contributed by atoms with Crippen molar-refractivity contribution in [3.05, 3.63) is 259 Å². The lowest BCUT2D eigenvalue weighted by molar-refractivity contribution is 0.296. The number of ether oxygens (including phenoxy) is 2. The Morgan fingerprint density at radius 2 is 0.580 bits per heavy atom. The lowest BCUT2D eigenvalue weighted by Gasteiger charge is -2.21. The summed E-state index contributed by atoms with van der Waals surface area (Å²) in [7, 11) is 0. The molecule has 0 atom stereocenters. The summed E-state index contributed by atoms with van der Waals surface area (Å²) in [4.78, 5) is 19.3. The van der Waals surface area contributed by atoms with Crippen LogP contribution in [0.15, 0.2) is 232 Å². The van der Waals surface area contributed by atoms with E-state index in [0.29, 0.717) is 113 Å². The number of nitrogens with zero attached hydrogens (tertiary/aromatic N) is 12. The standard InChI is InChI=1S/C68H52N12O4S4/c1-41-37-85-65(69-41)67-71-59(39-87-67)35-83-63-47-23-43-27-55(77-73-51-15-7-3-8-16-51)29-45(61(43)81)25-49-33-58(80-76-54-21-13-6-14-22-54)34-50(64(49)84-36-60-40-88-68(72-60)66-70-42(2)38-86-66)26-46-30-56(78-74-52-17-9-4-10-18-52)28-44(62(46)82)24-48(63)32-57(31-47)79-75-53-19-11-5-12-20-53/h3-22,27-34,37-40,81-82H,23-26,35-36H2,1-2H3. The van der Waals surface area contributed by atoms with Gasteiger partial charge in [0.1, 0.15) is 36.2 Å². The minimum absolute atomic E-state index is 0.0282. The first-order valence-electron chi connectivity index (χ1n) is 28.0. The first-order valence-corrected chi connectivity index (χ1v) is 31.5. The molecule has 2 N–H and O–H groups in total. The van der Waals surface area contributed by atoms with Crippen LogP contribution in [0.3, 0.4) is 0 Å². The van der Waals surface area contributed by atoms with Crippen molar-refractivity contribution in [2.45, 2.75) is 52.7 Å². The van der Waals surface area contributed by atoms with Gasteiger partial charge in [0.2, 0.25) is 0 Å². The zero-order chi connectivity index (χ0) is 59.8. The van der Waals surface area contributed by atoms with Crippen LogP contribution in [0.5, 0.6) is 23.0 Å². The molecular weight excluding hydrogens is 1180 g/mol. The van der Waals surface area contributed by atoms with Crippen molar-refractivity contribution in [2.75, 3.05) is 0 Å². The monoisotopic (exact) mass is 1230 g/mol. The van der Waals surface area contributed by atoms with Crippen LogP contribution in [0.4, 0.5) is 45.5 Å². The molecule has 88 heavy (non-hydrogen) atoms. The van der Waals surface area contributed by atoms with Gasteiger partial charge in [0, 0.05) is 103 Å². The third kappa shape index (κ3) is 13.8. The number of phenols is 2. The van der Waals surface area contributed by atoms with Crippen LogP contribution in [0.25, 0.3) is 20.0 Å². The van der Waals surface area contributed by atoms with Crippen LogP contribution < -0.4 is 9.47 Å². The van der Waals surface area contributed by atoms with E-state index < -0.39 is 0 Å². The van der Waals surface area contributed by atoms with Crippen molar-refractivity contribution in [3.63, 3.8) is 0 Å². The second-order valence-electron chi connectivity index (χ2n) is 20.7. The number of aryl methyl sites for hydroxylation is 2. The summed E-state index contributed by atoms with van der Waals surface area (Å²) in [6.45, 7) is 4.11. The van der Waals surface area contributed by atoms with E-state index in [1.807, 2.05) is 205 Å². The van der Waals surface area contributed by atoms with Crippen LogP contribution >= 0.6 is 45.3 Å². The SMILES string of the molecule is Cc1csc(-c2nc(COc3c4cc(N=Nc5ccccc5)cc3Cc3cc(N=Nc5ccccc5)cc(c3O)Cc3cc(N=Nc5ccccc5)cc(c3OCc3csc(-c5nc(C)cs5)n3)Cc3cc(N=Nc5ccccc5)cc(c3O)C4)cs2)n1. The van der Waals surface area contributed by atoms with Crippen LogP contribution in [-0.2, 0) is 38.9 Å². The molecule has 0 fully saturated rings. The van der Waals surface area contributed by atoms with Crippen molar-refractivity contribution in [1.82, 2.24) is 19.9 Å². The molecule has 8 bridgehead atoms. The normalized spacial score (nSPS) is 12.5. The van der Waals surface area contributed by atoms with Crippen molar-refractivity contribution in [1.29, 1.82) is 0 Å². The molecule has 0 saturated carbocycles. The number of hydrogen-bond acceptors (Lipinski definition) is 20. The van der Waals surface area contributed by atoms with Gasteiger partial charge in [-0.05, 0) is 111 Å². The quantitative estimate of drug-likeness (QED) is 0.0887. The van der Waals surface area contributed by atoms with Crippen LogP contribution in [-0.4, -0.2) is 30.1 Å². The Bertz CT molecular complexity index is 4200. The summed E-state index contributed by atoms with van der Waals surface area (Å²) in [6.07, 6.45) is 0.494. The van der Waals surface area contributed by atoms with Crippen molar-refractivity contribution >= 4 is 90.8 Å². The van der Waals surface area contributed by atoms with Gasteiger partial charge < -0.3 is 19.7 Å². The first-order chi connectivity index (χ1) is 43.1. The minimum Gasteiger partial charge on any atom is -0.507 e. The molecule has 4 aromatic heterocycles. The molecule has 16 nitrogen and oxygen atoms in total. The maximum absolute atomic E-state index is 13.0. The Labute approximate surface area is 522 Å². The Kier molecular flexibility index (Phi) is 17.0. The summed E-state index contributed by atoms with van der Waals surface area (Å²) in [5.41, 5.74) is 12.7. The topological polar surface area (TPSA) is 209 Å². The highest BCUT2D eigenvalue weighted by atomic mass is 32.1. The van der Waals surface area contributed by atoms with Crippen molar-refractivity contribution in [3.8, 4) is 43.0 Å². The second-order valence-corrected chi connectivity index (χ2v) is 24.1. The number of thiazole rings is 4. The maximum Gasteiger partial charge on any atom is 0.152 e. The molecule has 13 rings (SSSR count). The highest BCUT2D eigenvalue weighted by molar-refractivity contribution is 7.20. The number of aromatic hydroxyl groups is 2. The van der Waals surface area contributed by atoms with E-state index in [1.54, 1.807) is 22.7 Å². The predicted octanol–water partition coefficient (Wildman–Crippen LogP) is 20.4. The highest BCUT2D eigenvalue weighted by Crippen LogP contribution is 2.45. The highest BCUT2D eigenvalue weighted by Gasteiger charge is 2.25. The van der Waals surface area contributed by atoms with Gasteiger partial charge in [-0.1, -0.05) is 72.8 Å². The molecule has 0 radical (unpaired) electrons. The third-order valence-corrected chi connectivity index (χ3v) is 18.1. The van der Waals surface area contributed by atoms with Gasteiger partial charge >= 0.3 is 0 Å². The van der Waals surface area contributed by atoms with E-state index in [9.17, 15) is 10.2 Å². The fourth-order valence-corrected chi connectivity index (χ4v) is 13.3. The van der Waals surface area contributed by atoms with Crippen LogP contribution in [0, 0.1) is 13.8 Å². The molecule has 0 spiro atoms. The van der Waals surface area contributed by atoms with Gasteiger partial charge in [0.05, 0.1) is 56.9 Å². The van der Waals surface area contributed by atoms with E-state index >= 15 is 0 Å². The molecule has 4 heterocycles. The molecular formula is C68H52N12O4S4. The first kappa shape index (κ1) is 57.0. The molecule has 12 aromatic rings. The van der Waals surface area contributed by atoms with Gasteiger partial charge in [-0.25, -0.2) is 19.9 Å². The van der Waals surface area contributed by atoms with E-state index in [1.165, 1.54) is 22.7 Å². The lowest BCUT2D eigenvalue weighted by atomic mass is 9.90. The Morgan fingerprint density at radius 3 is 0.852 bits per heavy atom. The molecule has 8 aromatic carbocycles. The summed E-state index contributed by atoms with van der Waals surface area (Å²) >= 11 is 6.09. The number of hydrogen-bond donors (Lipinski definition) is 2. The van der Waals surface area contributed by atoms with Crippen LogP contribution in [0.1, 0.15) is 67.3 Å². The summed E-state index contributed by atoms with van der Waals surface area (Å²) < 4.78 is 14.1. The maximum atomic E-state index is 13.0. The minimum atomic E-state index is 0.0282. The predicted molar refractivity (Wildman–Crippen MR) is 347 cm³/mol. The van der Waals surface area contributed by atoms with Gasteiger partial charge in [-0.3, -0.25) is 0 Å². The second kappa shape index (κ2) is 26.2. The average Bonchev–Trinajstić information content (AvgIpc) is 1.66. The fourth-order valence-electron chi connectivity index (χ4n) is 10.0. The molecule has 0 saturated heterocycles. The zero-order valence-electron chi connectivity index (χ0n) is 47.4. The number of benzene rings is 8. The Hall–Kier alpha value is -10.1. The average molecular weight is 1230 g/mol. The van der Waals surface area contributed by atoms with E-state index in [0.717, 1.165) is 31.4 Å². The summed E-state index contributed by atoms with van der Waals surface area (Å²) in [6, 6.07) is 53.1. The van der Waals surface area contributed by atoms with E-state index in [2.05, 4.69) is 20.5 Å². The number of phenolic OH excluding ortho intramolecular Hbond substituents is 2. The molecule has 20 heteroatoms. The smallest absolute Gasteiger partial charge is 0.152 e. The fraction of sp³-hybridized carbons (Fsp3) is 0.118. The Morgan fingerprint density at radius 1 is 0.330 bits per heavy atom. The van der Waals surface area contributed by atoms with Crippen molar-refractivity contribution in [2.24, 2.45) is 40.9 Å². The lowest BCUT2D eigenvalue weighted by Crippen LogP contribution is -2.07. The third-order valence-electron chi connectivity index (χ3n) is 14.1. The molecule has 432 valence electrons. The molecule has 0 unspecified atom stereocenters.